The SMILES string of the molecule is COc1ccc(S(=O)(=O)N2CC=C(C(=O)Nc3nc4ccc(C)cc4s3)CC2)cc1. The largest absolute Gasteiger partial charge is 0.497 e. The Labute approximate surface area is 179 Å². The third-order valence-corrected chi connectivity index (χ3v) is 7.74. The van der Waals surface area contributed by atoms with Gasteiger partial charge in [0.15, 0.2) is 5.13 Å². The van der Waals surface area contributed by atoms with E-state index in [9.17, 15) is 13.2 Å². The van der Waals surface area contributed by atoms with E-state index in [2.05, 4.69) is 10.3 Å². The first-order chi connectivity index (χ1) is 14.4. The number of methoxy groups -OCH3 is 1. The van der Waals surface area contributed by atoms with Crippen LogP contribution in [0.15, 0.2) is 59.0 Å². The van der Waals surface area contributed by atoms with E-state index in [0.717, 1.165) is 15.8 Å². The summed E-state index contributed by atoms with van der Waals surface area (Å²) in [6.45, 7) is 2.40. The standard InChI is InChI=1S/C21H21N3O4S2/c1-14-3-8-18-19(13-14)29-21(22-18)23-20(25)15-9-11-24(12-10-15)30(26,27)17-6-4-16(28-2)5-7-17/h3-9,13H,10-12H2,1-2H3,(H,22,23,25). The number of anilines is 1. The Morgan fingerprint density at radius 3 is 2.63 bits per heavy atom. The Kier molecular flexibility index (Phi) is 5.59. The van der Waals surface area contributed by atoms with Gasteiger partial charge in [-0.05, 0) is 55.3 Å². The molecular formula is C21H21N3O4S2. The lowest BCUT2D eigenvalue weighted by molar-refractivity contribution is -0.113. The van der Waals surface area contributed by atoms with Gasteiger partial charge < -0.3 is 4.74 Å². The Balaban J connectivity index is 1.44. The molecule has 0 aliphatic carbocycles. The zero-order valence-corrected chi connectivity index (χ0v) is 18.2. The molecule has 1 aliphatic heterocycles. The van der Waals surface area contributed by atoms with Gasteiger partial charge >= 0.3 is 0 Å². The maximum atomic E-state index is 12.8. The number of aryl methyl sites for hydroxylation is 1. The average molecular weight is 444 g/mol. The molecule has 0 spiro atoms. The molecule has 2 aromatic carbocycles. The number of ether oxygens (including phenoxy) is 1. The molecular weight excluding hydrogens is 422 g/mol. The Morgan fingerprint density at radius 1 is 1.20 bits per heavy atom. The maximum absolute atomic E-state index is 12.8. The summed E-state index contributed by atoms with van der Waals surface area (Å²) in [5.41, 5.74) is 2.54. The summed E-state index contributed by atoms with van der Waals surface area (Å²) in [6, 6.07) is 12.2. The van der Waals surface area contributed by atoms with Crippen molar-refractivity contribution in [2.75, 3.05) is 25.5 Å². The molecule has 2 heterocycles. The Bertz CT molecular complexity index is 1230. The number of nitrogens with one attached hydrogen (secondary N) is 1. The molecule has 1 amide bonds. The lowest BCUT2D eigenvalue weighted by atomic mass is 10.1. The molecule has 3 aromatic rings. The highest BCUT2D eigenvalue weighted by molar-refractivity contribution is 7.89. The van der Waals surface area contributed by atoms with Crippen LogP contribution in [0.1, 0.15) is 12.0 Å². The van der Waals surface area contributed by atoms with E-state index in [-0.39, 0.29) is 23.9 Å². The summed E-state index contributed by atoms with van der Waals surface area (Å²) in [6.07, 6.45) is 2.00. The number of carbonyl (C=O) groups is 1. The van der Waals surface area contributed by atoms with E-state index in [4.69, 9.17) is 4.74 Å². The van der Waals surface area contributed by atoms with Gasteiger partial charge in [-0.15, -0.1) is 0 Å². The molecule has 1 N–H and O–H groups in total. The first-order valence-corrected chi connectivity index (χ1v) is 11.6. The van der Waals surface area contributed by atoms with Crippen molar-refractivity contribution in [1.82, 2.24) is 9.29 Å². The van der Waals surface area contributed by atoms with Gasteiger partial charge in [0.05, 0.1) is 22.2 Å². The third kappa shape index (κ3) is 4.09. The van der Waals surface area contributed by atoms with Crippen LogP contribution in [-0.4, -0.2) is 43.8 Å². The molecule has 0 radical (unpaired) electrons. The number of fused-ring (bicyclic) bond motifs is 1. The maximum Gasteiger partial charge on any atom is 0.253 e. The number of amides is 1. The van der Waals surface area contributed by atoms with Crippen LogP contribution in [-0.2, 0) is 14.8 Å². The summed E-state index contributed by atoms with van der Waals surface area (Å²) in [5.74, 6) is 0.351. The van der Waals surface area contributed by atoms with Gasteiger partial charge in [0.25, 0.3) is 5.91 Å². The monoisotopic (exact) mass is 443 g/mol. The number of sulfonamides is 1. The van der Waals surface area contributed by atoms with Crippen LogP contribution < -0.4 is 10.1 Å². The van der Waals surface area contributed by atoms with Crippen molar-refractivity contribution in [3.05, 3.63) is 59.7 Å². The van der Waals surface area contributed by atoms with Crippen molar-refractivity contribution in [2.24, 2.45) is 0 Å². The first-order valence-electron chi connectivity index (χ1n) is 9.38. The zero-order valence-electron chi connectivity index (χ0n) is 16.6. The number of thiazole rings is 1. The highest BCUT2D eigenvalue weighted by Gasteiger charge is 2.28. The lowest BCUT2D eigenvalue weighted by Crippen LogP contribution is -2.36. The van der Waals surface area contributed by atoms with Gasteiger partial charge in [-0.3, -0.25) is 10.1 Å². The van der Waals surface area contributed by atoms with E-state index in [1.54, 1.807) is 18.2 Å². The van der Waals surface area contributed by atoms with E-state index >= 15 is 0 Å². The van der Waals surface area contributed by atoms with Crippen LogP contribution >= 0.6 is 11.3 Å². The van der Waals surface area contributed by atoms with Crippen LogP contribution in [0.25, 0.3) is 10.2 Å². The summed E-state index contributed by atoms with van der Waals surface area (Å²) >= 11 is 1.42. The van der Waals surface area contributed by atoms with Crippen molar-refractivity contribution < 1.29 is 17.9 Å². The number of hydrogen-bond donors (Lipinski definition) is 1. The first kappa shape index (κ1) is 20.5. The number of hydrogen-bond acceptors (Lipinski definition) is 6. The minimum Gasteiger partial charge on any atom is -0.497 e. The minimum atomic E-state index is -3.63. The quantitative estimate of drug-likeness (QED) is 0.651. The topological polar surface area (TPSA) is 88.6 Å². The second kappa shape index (κ2) is 8.17. The highest BCUT2D eigenvalue weighted by atomic mass is 32.2. The second-order valence-electron chi connectivity index (χ2n) is 6.96. The van der Waals surface area contributed by atoms with Crippen LogP contribution in [0.5, 0.6) is 5.75 Å². The molecule has 7 nitrogen and oxygen atoms in total. The van der Waals surface area contributed by atoms with Crippen molar-refractivity contribution in [1.29, 1.82) is 0 Å². The van der Waals surface area contributed by atoms with Crippen molar-refractivity contribution >= 4 is 42.6 Å². The smallest absolute Gasteiger partial charge is 0.253 e. The fraction of sp³-hybridized carbons (Fsp3) is 0.238. The molecule has 1 aromatic heterocycles. The predicted molar refractivity (Wildman–Crippen MR) is 117 cm³/mol. The molecule has 156 valence electrons. The fourth-order valence-corrected chi connectivity index (χ4v) is 5.57. The molecule has 4 rings (SSSR count). The Hall–Kier alpha value is -2.75. The van der Waals surface area contributed by atoms with Gasteiger partial charge in [0.2, 0.25) is 10.0 Å². The van der Waals surface area contributed by atoms with Gasteiger partial charge in [0, 0.05) is 18.7 Å². The molecule has 0 saturated carbocycles. The third-order valence-electron chi connectivity index (χ3n) is 4.93. The minimum absolute atomic E-state index is 0.149. The lowest BCUT2D eigenvalue weighted by Gasteiger charge is -2.25. The number of carbonyl (C=O) groups excluding carboxylic acids is 1. The van der Waals surface area contributed by atoms with Crippen LogP contribution in [0.4, 0.5) is 5.13 Å². The van der Waals surface area contributed by atoms with Crippen LogP contribution in [0.2, 0.25) is 0 Å². The van der Waals surface area contributed by atoms with E-state index in [1.807, 2.05) is 25.1 Å². The van der Waals surface area contributed by atoms with Gasteiger partial charge in [-0.1, -0.05) is 23.5 Å². The van der Waals surface area contributed by atoms with Gasteiger partial charge in [-0.2, -0.15) is 4.31 Å². The number of rotatable bonds is 5. The van der Waals surface area contributed by atoms with E-state index in [1.165, 1.54) is 34.9 Å². The molecule has 0 unspecified atom stereocenters. The normalized spacial score (nSPS) is 15.1. The second-order valence-corrected chi connectivity index (χ2v) is 9.93. The van der Waals surface area contributed by atoms with E-state index in [0.29, 0.717) is 22.9 Å². The molecule has 0 bridgehead atoms. The Morgan fingerprint density at radius 2 is 1.97 bits per heavy atom. The van der Waals surface area contributed by atoms with Crippen LogP contribution in [0, 0.1) is 6.92 Å². The molecule has 9 heteroatoms. The summed E-state index contributed by atoms with van der Waals surface area (Å²) in [7, 11) is -2.10. The zero-order chi connectivity index (χ0) is 21.3. The summed E-state index contributed by atoms with van der Waals surface area (Å²) in [5, 5.41) is 3.37. The highest BCUT2D eigenvalue weighted by Crippen LogP contribution is 2.28. The average Bonchev–Trinajstić information content (AvgIpc) is 3.15. The molecule has 0 atom stereocenters. The number of benzene rings is 2. The van der Waals surface area contributed by atoms with Crippen LogP contribution in [0.3, 0.4) is 0 Å². The van der Waals surface area contributed by atoms with Crippen molar-refractivity contribution in [3.8, 4) is 5.75 Å². The predicted octanol–water partition coefficient (Wildman–Crippen LogP) is 3.57. The number of nitrogens with zero attached hydrogens (tertiary/aromatic N) is 2. The number of aromatic nitrogens is 1. The molecule has 0 saturated heterocycles. The van der Waals surface area contributed by atoms with Crippen molar-refractivity contribution in [2.45, 2.75) is 18.2 Å². The fourth-order valence-electron chi connectivity index (χ4n) is 3.23. The van der Waals surface area contributed by atoms with Gasteiger partial charge in [0.1, 0.15) is 5.75 Å². The molecule has 30 heavy (non-hydrogen) atoms. The summed E-state index contributed by atoms with van der Waals surface area (Å²) < 4.78 is 33.1. The summed E-state index contributed by atoms with van der Waals surface area (Å²) in [4.78, 5) is 17.3. The van der Waals surface area contributed by atoms with Gasteiger partial charge in [-0.25, -0.2) is 13.4 Å². The molecule has 1 aliphatic rings. The van der Waals surface area contributed by atoms with Crippen molar-refractivity contribution in [3.63, 3.8) is 0 Å². The molecule has 0 fully saturated rings. The van der Waals surface area contributed by atoms with E-state index < -0.39 is 10.0 Å².